The van der Waals surface area contributed by atoms with Gasteiger partial charge in [0.25, 0.3) is 0 Å². The molecule has 0 aliphatic rings. The number of nitrogens with zero attached hydrogens (tertiary/aromatic N) is 1. The van der Waals surface area contributed by atoms with Crippen LogP contribution in [0.15, 0.2) is 40.2 Å². The van der Waals surface area contributed by atoms with E-state index in [-0.39, 0.29) is 4.90 Å². The van der Waals surface area contributed by atoms with Gasteiger partial charge in [0, 0.05) is 23.8 Å². The SMILES string of the molecule is C=CCCCN(C)S(=O)(=O)c1cc(N)ccc1Br. The molecule has 0 radical (unpaired) electrons. The van der Waals surface area contributed by atoms with Crippen molar-refractivity contribution in [1.29, 1.82) is 0 Å². The Kier molecular flexibility index (Phi) is 5.37. The fourth-order valence-corrected chi connectivity index (χ4v) is 3.63. The fraction of sp³-hybridized carbons (Fsp3) is 0.333. The smallest absolute Gasteiger partial charge is 0.244 e. The molecular weight excluding hydrogens is 316 g/mol. The predicted molar refractivity (Wildman–Crippen MR) is 77.8 cm³/mol. The van der Waals surface area contributed by atoms with Crippen LogP contribution in [0.1, 0.15) is 12.8 Å². The Bertz CT molecular complexity index is 529. The summed E-state index contributed by atoms with van der Waals surface area (Å²) in [5.41, 5.74) is 6.06. The van der Waals surface area contributed by atoms with Gasteiger partial charge < -0.3 is 5.73 Å². The van der Waals surface area contributed by atoms with Gasteiger partial charge in [-0.05, 0) is 47.0 Å². The topological polar surface area (TPSA) is 63.4 Å². The van der Waals surface area contributed by atoms with Crippen molar-refractivity contribution in [1.82, 2.24) is 4.31 Å². The Morgan fingerprint density at radius 3 is 2.78 bits per heavy atom. The van der Waals surface area contributed by atoms with Crippen LogP contribution in [0.2, 0.25) is 0 Å². The third-order valence-electron chi connectivity index (χ3n) is 2.52. The zero-order valence-electron chi connectivity index (χ0n) is 10.3. The molecule has 0 bridgehead atoms. The number of sulfonamides is 1. The van der Waals surface area contributed by atoms with E-state index >= 15 is 0 Å². The van der Waals surface area contributed by atoms with E-state index in [2.05, 4.69) is 22.5 Å². The maximum absolute atomic E-state index is 12.3. The van der Waals surface area contributed by atoms with Gasteiger partial charge in [-0.2, -0.15) is 0 Å². The van der Waals surface area contributed by atoms with Gasteiger partial charge in [0.2, 0.25) is 10.0 Å². The minimum atomic E-state index is -3.50. The zero-order valence-corrected chi connectivity index (χ0v) is 12.7. The molecular formula is C12H17BrN2O2S. The van der Waals surface area contributed by atoms with Crippen LogP contribution < -0.4 is 5.73 Å². The monoisotopic (exact) mass is 332 g/mol. The summed E-state index contributed by atoms with van der Waals surface area (Å²) >= 11 is 3.24. The highest BCUT2D eigenvalue weighted by Crippen LogP contribution is 2.26. The zero-order chi connectivity index (χ0) is 13.8. The van der Waals surface area contributed by atoms with Crippen LogP contribution in [0.25, 0.3) is 0 Å². The minimum Gasteiger partial charge on any atom is -0.399 e. The first-order valence-electron chi connectivity index (χ1n) is 5.52. The molecule has 0 amide bonds. The molecule has 18 heavy (non-hydrogen) atoms. The Morgan fingerprint density at radius 1 is 1.50 bits per heavy atom. The Hall–Kier alpha value is -0.850. The summed E-state index contributed by atoms with van der Waals surface area (Å²) in [5.74, 6) is 0. The van der Waals surface area contributed by atoms with Crippen LogP contribution in [0.4, 0.5) is 5.69 Å². The van der Waals surface area contributed by atoms with Crippen molar-refractivity contribution < 1.29 is 8.42 Å². The van der Waals surface area contributed by atoms with E-state index in [1.807, 2.05) is 0 Å². The van der Waals surface area contributed by atoms with Crippen LogP contribution in [-0.2, 0) is 10.0 Å². The van der Waals surface area contributed by atoms with E-state index in [0.717, 1.165) is 12.8 Å². The van der Waals surface area contributed by atoms with E-state index in [9.17, 15) is 8.42 Å². The van der Waals surface area contributed by atoms with Crippen molar-refractivity contribution in [3.8, 4) is 0 Å². The van der Waals surface area contributed by atoms with E-state index in [1.165, 1.54) is 10.4 Å². The number of halogens is 1. The van der Waals surface area contributed by atoms with E-state index < -0.39 is 10.0 Å². The fourth-order valence-electron chi connectivity index (χ4n) is 1.46. The molecule has 0 fully saturated rings. The second-order valence-electron chi connectivity index (χ2n) is 3.95. The van der Waals surface area contributed by atoms with E-state index in [1.54, 1.807) is 25.3 Å². The van der Waals surface area contributed by atoms with Gasteiger partial charge >= 0.3 is 0 Å². The van der Waals surface area contributed by atoms with Gasteiger partial charge in [0.05, 0.1) is 4.90 Å². The van der Waals surface area contributed by atoms with Crippen molar-refractivity contribution in [2.75, 3.05) is 19.3 Å². The maximum atomic E-state index is 12.3. The van der Waals surface area contributed by atoms with Gasteiger partial charge in [0.15, 0.2) is 0 Å². The number of hydrogen-bond donors (Lipinski definition) is 1. The standard InChI is InChI=1S/C12H17BrN2O2S/c1-3-4-5-8-15(2)18(16,17)12-9-10(14)6-7-11(12)13/h3,6-7,9H,1,4-5,8,14H2,2H3. The normalized spacial score (nSPS) is 11.7. The molecule has 0 aliphatic heterocycles. The minimum absolute atomic E-state index is 0.198. The summed E-state index contributed by atoms with van der Waals surface area (Å²) in [7, 11) is -1.94. The van der Waals surface area contributed by atoms with Crippen LogP contribution in [0.3, 0.4) is 0 Å². The second-order valence-corrected chi connectivity index (χ2v) is 6.81. The first-order valence-corrected chi connectivity index (χ1v) is 7.75. The molecule has 0 saturated carbocycles. The number of allylic oxidation sites excluding steroid dienone is 1. The van der Waals surface area contributed by atoms with Crippen molar-refractivity contribution >= 4 is 31.6 Å². The molecule has 1 aromatic rings. The van der Waals surface area contributed by atoms with Crippen LogP contribution in [0.5, 0.6) is 0 Å². The van der Waals surface area contributed by atoms with Gasteiger partial charge in [-0.15, -0.1) is 6.58 Å². The van der Waals surface area contributed by atoms with Crippen molar-refractivity contribution in [3.05, 3.63) is 35.3 Å². The average Bonchev–Trinajstić information content (AvgIpc) is 2.32. The van der Waals surface area contributed by atoms with Crippen molar-refractivity contribution in [2.45, 2.75) is 17.7 Å². The lowest BCUT2D eigenvalue weighted by atomic mass is 10.3. The van der Waals surface area contributed by atoms with Gasteiger partial charge in [-0.1, -0.05) is 6.08 Å². The van der Waals surface area contributed by atoms with E-state index in [0.29, 0.717) is 16.7 Å². The van der Waals surface area contributed by atoms with Crippen molar-refractivity contribution in [3.63, 3.8) is 0 Å². The Balaban J connectivity index is 2.98. The molecule has 0 atom stereocenters. The third-order valence-corrected chi connectivity index (χ3v) is 5.38. The lowest BCUT2D eigenvalue weighted by molar-refractivity contribution is 0.462. The highest BCUT2D eigenvalue weighted by Gasteiger charge is 2.23. The molecule has 0 unspecified atom stereocenters. The second kappa shape index (κ2) is 6.36. The molecule has 0 saturated heterocycles. The molecule has 1 rings (SSSR count). The summed E-state index contributed by atoms with van der Waals surface area (Å²) in [4.78, 5) is 0.198. The molecule has 0 aliphatic carbocycles. The molecule has 0 spiro atoms. The number of anilines is 1. The molecule has 1 aromatic carbocycles. The molecule has 6 heteroatoms. The predicted octanol–water partition coefficient (Wildman–Crippen LogP) is 2.62. The lowest BCUT2D eigenvalue weighted by Crippen LogP contribution is -2.28. The molecule has 4 nitrogen and oxygen atoms in total. The first kappa shape index (κ1) is 15.2. The molecule has 0 aromatic heterocycles. The number of unbranched alkanes of at least 4 members (excludes halogenated alkanes) is 1. The quantitative estimate of drug-likeness (QED) is 0.494. The van der Waals surface area contributed by atoms with Gasteiger partial charge in [0.1, 0.15) is 0 Å². The number of nitrogens with two attached hydrogens (primary N) is 1. The number of rotatable bonds is 6. The number of hydrogen-bond acceptors (Lipinski definition) is 3. The lowest BCUT2D eigenvalue weighted by Gasteiger charge is -2.18. The summed E-state index contributed by atoms with van der Waals surface area (Å²) in [6.07, 6.45) is 3.31. The summed E-state index contributed by atoms with van der Waals surface area (Å²) in [5, 5.41) is 0. The summed E-state index contributed by atoms with van der Waals surface area (Å²) in [6, 6.07) is 4.75. The highest BCUT2D eigenvalue weighted by molar-refractivity contribution is 9.10. The molecule has 0 heterocycles. The largest absolute Gasteiger partial charge is 0.399 e. The van der Waals surface area contributed by atoms with E-state index in [4.69, 9.17) is 5.73 Å². The summed E-state index contributed by atoms with van der Waals surface area (Å²) in [6.45, 7) is 4.07. The highest BCUT2D eigenvalue weighted by atomic mass is 79.9. The maximum Gasteiger partial charge on any atom is 0.244 e. The van der Waals surface area contributed by atoms with Crippen LogP contribution in [0, 0.1) is 0 Å². The van der Waals surface area contributed by atoms with Crippen molar-refractivity contribution in [2.24, 2.45) is 0 Å². The Morgan fingerprint density at radius 2 is 2.17 bits per heavy atom. The number of benzene rings is 1. The van der Waals surface area contributed by atoms with Gasteiger partial charge in [-0.25, -0.2) is 12.7 Å². The average molecular weight is 333 g/mol. The van der Waals surface area contributed by atoms with Crippen LogP contribution in [-0.4, -0.2) is 26.3 Å². The summed E-state index contributed by atoms with van der Waals surface area (Å²) < 4.78 is 26.5. The molecule has 2 N–H and O–H groups in total. The molecule has 100 valence electrons. The first-order chi connectivity index (χ1) is 8.39. The number of nitrogen functional groups attached to an aromatic ring is 1. The Labute approximate surface area is 117 Å². The third kappa shape index (κ3) is 3.57. The van der Waals surface area contributed by atoms with Crippen LogP contribution >= 0.6 is 15.9 Å². The van der Waals surface area contributed by atoms with Gasteiger partial charge in [-0.3, -0.25) is 0 Å².